The largest absolute Gasteiger partial charge is 0.483 e. The van der Waals surface area contributed by atoms with Crippen molar-refractivity contribution in [2.75, 3.05) is 11.9 Å². The summed E-state index contributed by atoms with van der Waals surface area (Å²) in [5.74, 6) is -2.90. The minimum Gasteiger partial charge on any atom is -0.483 e. The van der Waals surface area contributed by atoms with Crippen molar-refractivity contribution in [1.29, 1.82) is 0 Å². The number of halogens is 2. The van der Waals surface area contributed by atoms with Crippen molar-refractivity contribution in [3.63, 3.8) is 0 Å². The second-order valence-electron chi connectivity index (χ2n) is 5.36. The van der Waals surface area contributed by atoms with Crippen LogP contribution in [0.25, 0.3) is 11.3 Å². The van der Waals surface area contributed by atoms with Gasteiger partial charge in [0.25, 0.3) is 11.8 Å². The number of ether oxygens (including phenoxy) is 1. The minimum atomic E-state index is -0.979. The molecule has 0 radical (unpaired) electrons. The van der Waals surface area contributed by atoms with Gasteiger partial charge < -0.3 is 10.5 Å². The highest BCUT2D eigenvalue weighted by Crippen LogP contribution is 2.26. The van der Waals surface area contributed by atoms with E-state index in [1.165, 1.54) is 18.2 Å². The van der Waals surface area contributed by atoms with Crippen LogP contribution in [0.4, 0.5) is 13.9 Å². The van der Waals surface area contributed by atoms with Gasteiger partial charge in [-0.1, -0.05) is 12.1 Å². The molecule has 0 saturated heterocycles. The van der Waals surface area contributed by atoms with Crippen molar-refractivity contribution >= 4 is 28.3 Å². The second kappa shape index (κ2) is 7.92. The van der Waals surface area contributed by atoms with Crippen LogP contribution in [0.2, 0.25) is 0 Å². The summed E-state index contributed by atoms with van der Waals surface area (Å²) in [6, 6.07) is 9.72. The van der Waals surface area contributed by atoms with Gasteiger partial charge in [0.05, 0.1) is 11.3 Å². The number of hydrogen-bond acceptors (Lipinski definition) is 5. The molecule has 0 spiro atoms. The average Bonchev–Trinajstić information content (AvgIpc) is 3.11. The smallest absolute Gasteiger partial charge is 0.264 e. The van der Waals surface area contributed by atoms with E-state index in [-0.39, 0.29) is 23.1 Å². The number of nitrogens with zero attached hydrogens (tertiary/aromatic N) is 1. The summed E-state index contributed by atoms with van der Waals surface area (Å²) in [7, 11) is 0. The Bertz CT molecular complexity index is 1010. The number of aromatic nitrogens is 1. The number of primary amides is 1. The number of para-hydroxylation sites is 1. The molecule has 0 saturated carbocycles. The van der Waals surface area contributed by atoms with E-state index >= 15 is 0 Å². The summed E-state index contributed by atoms with van der Waals surface area (Å²) in [6.07, 6.45) is 0. The molecule has 1 aromatic heterocycles. The van der Waals surface area contributed by atoms with E-state index in [2.05, 4.69) is 10.3 Å². The number of hydrogen-bond donors (Lipinski definition) is 2. The second-order valence-corrected chi connectivity index (χ2v) is 6.22. The minimum absolute atomic E-state index is 0.167. The van der Waals surface area contributed by atoms with Gasteiger partial charge in [-0.25, -0.2) is 13.8 Å². The number of anilines is 1. The predicted octanol–water partition coefficient (Wildman–Crippen LogP) is 3.20. The normalized spacial score (nSPS) is 10.4. The maximum absolute atomic E-state index is 13.3. The Balaban J connectivity index is 1.63. The van der Waals surface area contributed by atoms with Gasteiger partial charge in [-0.3, -0.25) is 14.9 Å². The van der Waals surface area contributed by atoms with Crippen LogP contribution in [0.3, 0.4) is 0 Å². The number of rotatable bonds is 6. The summed E-state index contributed by atoms with van der Waals surface area (Å²) in [4.78, 5) is 27.5. The molecule has 0 aliphatic carbocycles. The first-order chi connectivity index (χ1) is 12.9. The van der Waals surface area contributed by atoms with Gasteiger partial charge in [0, 0.05) is 10.9 Å². The summed E-state index contributed by atoms with van der Waals surface area (Å²) >= 11 is 1.12. The van der Waals surface area contributed by atoms with Crippen LogP contribution in [0.15, 0.2) is 47.8 Å². The first-order valence-electron chi connectivity index (χ1n) is 7.66. The highest BCUT2D eigenvalue weighted by molar-refractivity contribution is 7.14. The first-order valence-corrected chi connectivity index (χ1v) is 8.54. The van der Waals surface area contributed by atoms with Gasteiger partial charge in [-0.15, -0.1) is 11.3 Å². The van der Waals surface area contributed by atoms with E-state index < -0.39 is 23.4 Å². The van der Waals surface area contributed by atoms with Crippen molar-refractivity contribution < 1.29 is 23.1 Å². The van der Waals surface area contributed by atoms with Crippen LogP contribution in [0.5, 0.6) is 5.75 Å². The molecule has 2 amide bonds. The van der Waals surface area contributed by atoms with E-state index in [0.717, 1.165) is 23.5 Å². The van der Waals surface area contributed by atoms with Gasteiger partial charge >= 0.3 is 0 Å². The lowest BCUT2D eigenvalue weighted by Crippen LogP contribution is -2.21. The number of carbonyl (C=O) groups excluding carboxylic acids is 2. The van der Waals surface area contributed by atoms with Gasteiger partial charge in [0.2, 0.25) is 0 Å². The SMILES string of the molecule is NC(=O)c1ccccc1OCC(=O)Nc1nc(-c2ccc(F)c(F)c2)cs1. The molecule has 1 heterocycles. The lowest BCUT2D eigenvalue weighted by atomic mass is 10.2. The van der Waals surface area contributed by atoms with Crippen molar-refractivity contribution in [1.82, 2.24) is 4.98 Å². The Hall–Kier alpha value is -3.33. The average molecular weight is 389 g/mol. The number of nitrogens with two attached hydrogens (primary N) is 1. The Kier molecular flexibility index (Phi) is 5.41. The van der Waals surface area contributed by atoms with Crippen LogP contribution in [0, 0.1) is 11.6 Å². The van der Waals surface area contributed by atoms with Gasteiger partial charge in [-0.05, 0) is 30.3 Å². The third kappa shape index (κ3) is 4.45. The Morgan fingerprint density at radius 1 is 1.15 bits per heavy atom. The van der Waals surface area contributed by atoms with Crippen LogP contribution < -0.4 is 15.8 Å². The standard InChI is InChI=1S/C18H13F2N3O3S/c19-12-6-5-10(7-13(12)20)14-9-27-18(22-14)23-16(24)8-26-15-4-2-1-3-11(15)17(21)25/h1-7,9H,8H2,(H2,21,25)(H,22,23,24). The fraction of sp³-hybridized carbons (Fsp3) is 0.0556. The highest BCUT2D eigenvalue weighted by atomic mass is 32.1. The Morgan fingerprint density at radius 2 is 1.93 bits per heavy atom. The maximum Gasteiger partial charge on any atom is 0.264 e. The van der Waals surface area contributed by atoms with Gasteiger partial charge in [-0.2, -0.15) is 0 Å². The molecule has 0 fully saturated rings. The first kappa shape index (κ1) is 18.5. The predicted molar refractivity (Wildman–Crippen MR) is 96.6 cm³/mol. The van der Waals surface area contributed by atoms with Crippen molar-refractivity contribution in [2.45, 2.75) is 0 Å². The molecule has 0 aliphatic rings. The quantitative estimate of drug-likeness (QED) is 0.677. The summed E-state index contributed by atoms with van der Waals surface area (Å²) in [5.41, 5.74) is 6.20. The fourth-order valence-corrected chi connectivity index (χ4v) is 2.95. The number of nitrogens with one attached hydrogen (secondary N) is 1. The maximum atomic E-state index is 13.3. The topological polar surface area (TPSA) is 94.3 Å². The van der Waals surface area contributed by atoms with E-state index in [9.17, 15) is 18.4 Å². The molecule has 3 rings (SSSR count). The fourth-order valence-electron chi connectivity index (χ4n) is 2.21. The van der Waals surface area contributed by atoms with Crippen LogP contribution in [-0.2, 0) is 4.79 Å². The molecular formula is C18H13F2N3O3S. The zero-order valence-corrected chi connectivity index (χ0v) is 14.6. The zero-order valence-electron chi connectivity index (χ0n) is 13.7. The van der Waals surface area contributed by atoms with Crippen molar-refractivity contribution in [2.24, 2.45) is 5.73 Å². The third-order valence-corrected chi connectivity index (χ3v) is 4.23. The van der Waals surface area contributed by atoms with E-state index in [4.69, 9.17) is 10.5 Å². The Labute approximate surface area is 156 Å². The molecule has 9 heteroatoms. The summed E-state index contributed by atoms with van der Waals surface area (Å²) in [5, 5.41) is 4.41. The van der Waals surface area contributed by atoms with E-state index in [0.29, 0.717) is 11.3 Å². The molecule has 0 unspecified atom stereocenters. The van der Waals surface area contributed by atoms with E-state index in [1.54, 1.807) is 17.5 Å². The van der Waals surface area contributed by atoms with Crippen LogP contribution >= 0.6 is 11.3 Å². The molecule has 0 atom stereocenters. The molecule has 3 N–H and O–H groups in total. The molecule has 0 bridgehead atoms. The number of carbonyl (C=O) groups is 2. The molecule has 2 aromatic carbocycles. The number of thiazole rings is 1. The molecule has 6 nitrogen and oxygen atoms in total. The summed E-state index contributed by atoms with van der Waals surface area (Å²) < 4.78 is 31.6. The molecule has 27 heavy (non-hydrogen) atoms. The van der Waals surface area contributed by atoms with Gasteiger partial charge in [0.1, 0.15) is 5.75 Å². The molecule has 3 aromatic rings. The van der Waals surface area contributed by atoms with Crippen LogP contribution in [0.1, 0.15) is 10.4 Å². The summed E-state index contributed by atoms with van der Waals surface area (Å²) in [6.45, 7) is -0.357. The van der Waals surface area contributed by atoms with Crippen molar-refractivity contribution in [3.8, 4) is 17.0 Å². The number of benzene rings is 2. The number of amides is 2. The lowest BCUT2D eigenvalue weighted by molar-refractivity contribution is -0.118. The van der Waals surface area contributed by atoms with E-state index in [1.807, 2.05) is 0 Å². The lowest BCUT2D eigenvalue weighted by Gasteiger charge is -2.08. The monoisotopic (exact) mass is 389 g/mol. The van der Waals surface area contributed by atoms with Gasteiger partial charge in [0.15, 0.2) is 23.4 Å². The van der Waals surface area contributed by atoms with Crippen LogP contribution in [-0.4, -0.2) is 23.4 Å². The Morgan fingerprint density at radius 3 is 2.67 bits per heavy atom. The van der Waals surface area contributed by atoms with Crippen molar-refractivity contribution in [3.05, 3.63) is 65.0 Å². The molecule has 138 valence electrons. The highest BCUT2D eigenvalue weighted by Gasteiger charge is 2.13. The third-order valence-electron chi connectivity index (χ3n) is 3.48. The molecular weight excluding hydrogens is 376 g/mol. The zero-order chi connectivity index (χ0) is 19.4. The molecule has 0 aliphatic heterocycles.